The van der Waals surface area contributed by atoms with E-state index in [1.165, 1.54) is 0 Å². The van der Waals surface area contributed by atoms with Crippen LogP contribution in [0.3, 0.4) is 0 Å². The van der Waals surface area contributed by atoms with Gasteiger partial charge in [-0.2, -0.15) is 0 Å². The first-order valence-corrected chi connectivity index (χ1v) is 6.39. The van der Waals surface area contributed by atoms with Crippen LogP contribution >= 0.6 is 0 Å². The molecule has 4 heteroatoms. The van der Waals surface area contributed by atoms with Gasteiger partial charge in [0.2, 0.25) is 5.91 Å². The van der Waals surface area contributed by atoms with Crippen LogP contribution in [0.15, 0.2) is 23.8 Å². The second-order valence-corrected chi connectivity index (χ2v) is 4.86. The third-order valence-electron chi connectivity index (χ3n) is 3.13. The van der Waals surface area contributed by atoms with Crippen molar-refractivity contribution in [1.82, 2.24) is 0 Å². The molecule has 2 rings (SSSR count). The normalized spacial score (nSPS) is 14.3. The molecule has 1 aliphatic carbocycles. The molecule has 0 saturated carbocycles. The van der Waals surface area contributed by atoms with Crippen molar-refractivity contribution in [3.05, 3.63) is 34.9 Å². The number of hydrogen-bond donors (Lipinski definition) is 1. The quantitative estimate of drug-likeness (QED) is 0.904. The molecule has 0 radical (unpaired) electrons. The van der Waals surface area contributed by atoms with E-state index >= 15 is 0 Å². The summed E-state index contributed by atoms with van der Waals surface area (Å²) in [4.78, 5) is 11.6. The van der Waals surface area contributed by atoms with E-state index in [2.05, 4.69) is 0 Å². The molecule has 0 saturated heterocycles. The van der Waals surface area contributed by atoms with Crippen LogP contribution in [0.25, 0.3) is 5.76 Å². The predicted octanol–water partition coefficient (Wildman–Crippen LogP) is 2.26. The van der Waals surface area contributed by atoms with Crippen LogP contribution in [0.4, 0.5) is 0 Å². The summed E-state index contributed by atoms with van der Waals surface area (Å²) >= 11 is 0. The van der Waals surface area contributed by atoms with Crippen LogP contribution in [0.1, 0.15) is 31.4 Å². The molecule has 4 nitrogen and oxygen atoms in total. The molecule has 0 heterocycles. The van der Waals surface area contributed by atoms with Gasteiger partial charge in [-0.3, -0.25) is 4.79 Å². The fourth-order valence-electron chi connectivity index (χ4n) is 2.25. The number of rotatable bonds is 4. The van der Waals surface area contributed by atoms with Crippen LogP contribution in [0, 0.1) is 0 Å². The fraction of sp³-hybridized carbons (Fsp3) is 0.400. The van der Waals surface area contributed by atoms with Gasteiger partial charge in [0.05, 0.1) is 18.8 Å². The van der Waals surface area contributed by atoms with Crippen molar-refractivity contribution in [3.8, 4) is 5.75 Å². The molecule has 0 aromatic heterocycles. The molecule has 1 amide bonds. The van der Waals surface area contributed by atoms with Gasteiger partial charge < -0.3 is 15.2 Å². The minimum absolute atomic E-state index is 0.0125. The molecule has 0 spiro atoms. The van der Waals surface area contributed by atoms with Gasteiger partial charge in [-0.25, -0.2) is 0 Å². The largest absolute Gasteiger partial charge is 0.497 e. The molecule has 1 aromatic carbocycles. The lowest BCUT2D eigenvalue weighted by Gasteiger charge is -2.24. The number of hydrogen-bond acceptors (Lipinski definition) is 3. The predicted molar refractivity (Wildman–Crippen MR) is 73.7 cm³/mol. The van der Waals surface area contributed by atoms with Gasteiger partial charge in [0.25, 0.3) is 0 Å². The molecule has 0 aliphatic heterocycles. The van der Waals surface area contributed by atoms with E-state index in [9.17, 15) is 4.79 Å². The lowest BCUT2D eigenvalue weighted by atomic mass is 9.90. The highest BCUT2D eigenvalue weighted by Crippen LogP contribution is 2.35. The molecular formula is C15H19NO3. The van der Waals surface area contributed by atoms with E-state index in [4.69, 9.17) is 15.2 Å². The van der Waals surface area contributed by atoms with Gasteiger partial charge in [-0.05, 0) is 44.4 Å². The number of amides is 1. The first kappa shape index (κ1) is 13.5. The van der Waals surface area contributed by atoms with Gasteiger partial charge >= 0.3 is 0 Å². The zero-order valence-corrected chi connectivity index (χ0v) is 11.5. The van der Waals surface area contributed by atoms with Crippen molar-refractivity contribution in [3.63, 3.8) is 0 Å². The molecule has 1 aliphatic rings. The average Bonchev–Trinajstić information content (AvgIpc) is 2.37. The maximum absolute atomic E-state index is 11.6. The van der Waals surface area contributed by atoms with Gasteiger partial charge in [-0.1, -0.05) is 6.07 Å². The standard InChI is InChI=1S/C15H19NO3/c1-9(2)19-14-12(15(16)17)7-5-10-4-6-11(18-3)8-13(10)14/h4,6,8-9H,5,7H2,1-3H3,(H2,16,17). The van der Waals surface area contributed by atoms with Gasteiger partial charge in [-0.15, -0.1) is 0 Å². The first-order chi connectivity index (χ1) is 9.02. The van der Waals surface area contributed by atoms with Crippen molar-refractivity contribution in [2.24, 2.45) is 5.73 Å². The summed E-state index contributed by atoms with van der Waals surface area (Å²) in [5, 5.41) is 0. The highest BCUT2D eigenvalue weighted by molar-refractivity contribution is 6.00. The van der Waals surface area contributed by atoms with E-state index in [-0.39, 0.29) is 6.10 Å². The van der Waals surface area contributed by atoms with Crippen LogP contribution in [-0.4, -0.2) is 19.1 Å². The van der Waals surface area contributed by atoms with Gasteiger partial charge in [0.1, 0.15) is 11.5 Å². The zero-order valence-electron chi connectivity index (χ0n) is 11.5. The number of carbonyl (C=O) groups excluding carboxylic acids is 1. The third kappa shape index (κ3) is 2.72. The molecular weight excluding hydrogens is 242 g/mol. The molecule has 1 aromatic rings. The Morgan fingerprint density at radius 1 is 1.32 bits per heavy atom. The van der Waals surface area contributed by atoms with Crippen molar-refractivity contribution in [1.29, 1.82) is 0 Å². The van der Waals surface area contributed by atoms with E-state index in [0.29, 0.717) is 17.8 Å². The Hall–Kier alpha value is -1.97. The van der Waals surface area contributed by atoms with Crippen LogP contribution in [0.5, 0.6) is 5.75 Å². The summed E-state index contributed by atoms with van der Waals surface area (Å²) in [5.41, 5.74) is 8.08. The number of methoxy groups -OCH3 is 1. The monoisotopic (exact) mass is 261 g/mol. The van der Waals surface area contributed by atoms with Crippen LogP contribution in [0.2, 0.25) is 0 Å². The SMILES string of the molecule is COc1ccc2c(c1)C(OC(C)C)=C(C(N)=O)CC2. The van der Waals surface area contributed by atoms with Crippen molar-refractivity contribution in [2.45, 2.75) is 32.8 Å². The molecule has 0 bridgehead atoms. The van der Waals surface area contributed by atoms with E-state index in [1.54, 1.807) is 7.11 Å². The Morgan fingerprint density at radius 2 is 2.05 bits per heavy atom. The summed E-state index contributed by atoms with van der Waals surface area (Å²) in [6.45, 7) is 3.86. The Morgan fingerprint density at radius 3 is 2.63 bits per heavy atom. The number of carbonyl (C=O) groups is 1. The lowest BCUT2D eigenvalue weighted by molar-refractivity contribution is -0.114. The molecule has 0 atom stereocenters. The number of aryl methyl sites for hydroxylation is 1. The number of benzene rings is 1. The van der Waals surface area contributed by atoms with Crippen molar-refractivity contribution < 1.29 is 14.3 Å². The van der Waals surface area contributed by atoms with Gasteiger partial charge in [0.15, 0.2) is 0 Å². The lowest BCUT2D eigenvalue weighted by Crippen LogP contribution is -2.21. The molecule has 102 valence electrons. The van der Waals surface area contributed by atoms with Crippen LogP contribution in [-0.2, 0) is 16.0 Å². The Labute approximate surface area is 113 Å². The molecule has 19 heavy (non-hydrogen) atoms. The Kier molecular flexibility index (Phi) is 3.79. The average molecular weight is 261 g/mol. The van der Waals surface area contributed by atoms with Crippen LogP contribution < -0.4 is 10.5 Å². The maximum atomic E-state index is 11.6. The first-order valence-electron chi connectivity index (χ1n) is 6.39. The van der Waals surface area contributed by atoms with E-state index in [0.717, 1.165) is 23.3 Å². The summed E-state index contributed by atoms with van der Waals surface area (Å²) < 4.78 is 11.0. The zero-order chi connectivity index (χ0) is 14.0. The fourth-order valence-corrected chi connectivity index (χ4v) is 2.25. The van der Waals surface area contributed by atoms with Gasteiger partial charge in [0, 0.05) is 5.56 Å². The van der Waals surface area contributed by atoms with Crippen molar-refractivity contribution >= 4 is 11.7 Å². The third-order valence-corrected chi connectivity index (χ3v) is 3.13. The molecule has 0 fully saturated rings. The Bertz CT molecular complexity index is 532. The number of nitrogens with two attached hydrogens (primary N) is 1. The highest BCUT2D eigenvalue weighted by atomic mass is 16.5. The summed E-state index contributed by atoms with van der Waals surface area (Å²) in [7, 11) is 1.62. The maximum Gasteiger partial charge on any atom is 0.248 e. The minimum atomic E-state index is -0.413. The molecule has 0 unspecified atom stereocenters. The number of fused-ring (bicyclic) bond motifs is 1. The smallest absolute Gasteiger partial charge is 0.248 e. The van der Waals surface area contributed by atoms with Crippen molar-refractivity contribution in [2.75, 3.05) is 7.11 Å². The minimum Gasteiger partial charge on any atom is -0.497 e. The summed E-state index contributed by atoms with van der Waals surface area (Å²) in [6.07, 6.45) is 1.40. The Balaban J connectivity index is 2.55. The summed E-state index contributed by atoms with van der Waals surface area (Å²) in [6, 6.07) is 5.83. The topological polar surface area (TPSA) is 61.6 Å². The second kappa shape index (κ2) is 5.34. The van der Waals surface area contributed by atoms with E-state index in [1.807, 2.05) is 32.0 Å². The number of ether oxygens (including phenoxy) is 2. The second-order valence-electron chi connectivity index (χ2n) is 4.86. The number of primary amides is 1. The summed E-state index contributed by atoms with van der Waals surface area (Å²) in [5.74, 6) is 0.932. The highest BCUT2D eigenvalue weighted by Gasteiger charge is 2.24. The van der Waals surface area contributed by atoms with E-state index < -0.39 is 5.91 Å². The molecule has 2 N–H and O–H groups in total.